The Hall–Kier alpha value is -2.29. The van der Waals surface area contributed by atoms with E-state index in [4.69, 9.17) is 4.74 Å². The van der Waals surface area contributed by atoms with E-state index >= 15 is 0 Å². The largest absolute Gasteiger partial charge is 0.484 e. The molecule has 1 unspecified atom stereocenters. The average molecular weight is 370 g/mol. The smallest absolute Gasteiger partial charge is 0.224 e. The Morgan fingerprint density at radius 1 is 1.07 bits per heavy atom. The Balaban J connectivity index is 2.56. The van der Waals surface area contributed by atoms with E-state index in [2.05, 4.69) is 25.1 Å². The molecule has 0 aliphatic rings. The van der Waals surface area contributed by atoms with Crippen LogP contribution in [0.1, 0.15) is 64.7 Å². The number of benzene rings is 1. The Morgan fingerprint density at radius 2 is 1.74 bits per heavy atom. The third-order valence-electron chi connectivity index (χ3n) is 4.43. The van der Waals surface area contributed by atoms with Gasteiger partial charge in [0, 0.05) is 6.42 Å². The van der Waals surface area contributed by atoms with Crippen molar-refractivity contribution in [2.75, 3.05) is 5.32 Å². The van der Waals surface area contributed by atoms with Crippen LogP contribution in [0, 0.1) is 0 Å². The number of ether oxygens (including phenoxy) is 1. The van der Waals surface area contributed by atoms with E-state index in [1.165, 1.54) is 25.7 Å². The molecule has 0 spiro atoms. The van der Waals surface area contributed by atoms with Gasteiger partial charge in [-0.15, -0.1) is 13.2 Å². The third-order valence-corrected chi connectivity index (χ3v) is 4.43. The van der Waals surface area contributed by atoms with Crippen molar-refractivity contribution < 1.29 is 9.53 Å². The summed E-state index contributed by atoms with van der Waals surface area (Å²) in [6.07, 6.45) is 12.9. The minimum Gasteiger partial charge on any atom is -0.484 e. The normalized spacial score (nSPS) is 11.4. The Morgan fingerprint density at radius 3 is 2.44 bits per heavy atom. The summed E-state index contributed by atoms with van der Waals surface area (Å²) in [5.41, 5.74) is 1.72. The van der Waals surface area contributed by atoms with E-state index in [1.807, 2.05) is 37.3 Å². The summed E-state index contributed by atoms with van der Waals surface area (Å²) < 4.78 is 6.21. The van der Waals surface area contributed by atoms with Crippen molar-refractivity contribution >= 4 is 11.6 Å². The molecule has 0 fully saturated rings. The molecule has 0 heterocycles. The first-order chi connectivity index (χ1) is 13.1. The average Bonchev–Trinajstić information content (AvgIpc) is 2.65. The van der Waals surface area contributed by atoms with Gasteiger partial charge in [-0.1, -0.05) is 50.1 Å². The van der Waals surface area contributed by atoms with Gasteiger partial charge in [0.15, 0.2) is 0 Å². The van der Waals surface area contributed by atoms with Gasteiger partial charge in [-0.2, -0.15) is 0 Å². The molecule has 1 aromatic rings. The second kappa shape index (κ2) is 13.9. The molecule has 148 valence electrons. The number of carbonyl (C=O) groups excluding carboxylic acids is 1. The van der Waals surface area contributed by atoms with Gasteiger partial charge >= 0.3 is 0 Å². The first-order valence-electron chi connectivity index (χ1n) is 10.0. The van der Waals surface area contributed by atoms with Crippen LogP contribution >= 0.6 is 0 Å². The zero-order chi connectivity index (χ0) is 19.9. The van der Waals surface area contributed by atoms with Gasteiger partial charge in [0.1, 0.15) is 11.9 Å². The number of para-hydroxylation sites is 2. The minimum atomic E-state index is -0.0376. The van der Waals surface area contributed by atoms with Gasteiger partial charge in [-0.3, -0.25) is 4.79 Å². The van der Waals surface area contributed by atoms with Crippen LogP contribution in [0.4, 0.5) is 5.69 Å². The van der Waals surface area contributed by atoms with Gasteiger partial charge < -0.3 is 10.1 Å². The van der Waals surface area contributed by atoms with Crippen LogP contribution in [0.3, 0.4) is 0 Å². The maximum Gasteiger partial charge on any atom is 0.224 e. The van der Waals surface area contributed by atoms with Crippen LogP contribution in [0.15, 0.2) is 61.7 Å². The molecule has 1 atom stereocenters. The minimum absolute atomic E-state index is 0.0302. The molecule has 0 aromatic heterocycles. The van der Waals surface area contributed by atoms with Gasteiger partial charge in [-0.25, -0.2) is 0 Å². The molecule has 1 amide bonds. The third kappa shape index (κ3) is 9.83. The number of hydrogen-bond acceptors (Lipinski definition) is 2. The van der Waals surface area contributed by atoms with Crippen LogP contribution in [0.25, 0.3) is 0 Å². The number of anilines is 1. The fourth-order valence-electron chi connectivity index (χ4n) is 2.83. The lowest BCUT2D eigenvalue weighted by Crippen LogP contribution is -2.19. The molecule has 0 saturated carbocycles. The van der Waals surface area contributed by atoms with E-state index < -0.39 is 0 Å². The van der Waals surface area contributed by atoms with Crippen LogP contribution < -0.4 is 10.1 Å². The number of carbonyl (C=O) groups is 1. The highest BCUT2D eigenvalue weighted by atomic mass is 16.5. The zero-order valence-corrected chi connectivity index (χ0v) is 16.8. The van der Waals surface area contributed by atoms with E-state index in [1.54, 1.807) is 6.08 Å². The number of amides is 1. The molecule has 0 aliphatic carbocycles. The lowest BCUT2D eigenvalue weighted by atomic mass is 10.0. The first-order valence-corrected chi connectivity index (χ1v) is 10.0. The molecule has 0 saturated heterocycles. The Labute approximate surface area is 165 Å². The van der Waals surface area contributed by atoms with E-state index in [0.29, 0.717) is 24.3 Å². The zero-order valence-electron chi connectivity index (χ0n) is 16.8. The molecule has 1 rings (SSSR count). The highest BCUT2D eigenvalue weighted by molar-refractivity contribution is 5.92. The molecule has 1 aromatic carbocycles. The number of allylic oxidation sites excluding steroid dienone is 2. The predicted octanol–water partition coefficient (Wildman–Crippen LogP) is 6.83. The monoisotopic (exact) mass is 369 g/mol. The Bertz CT molecular complexity index is 606. The number of unbranched alkanes of at least 4 members (excludes halogenated alkanes) is 5. The predicted molar refractivity (Wildman–Crippen MR) is 116 cm³/mol. The topological polar surface area (TPSA) is 38.3 Å². The van der Waals surface area contributed by atoms with Crippen molar-refractivity contribution in [1.29, 1.82) is 0 Å². The fourth-order valence-corrected chi connectivity index (χ4v) is 2.83. The summed E-state index contributed by atoms with van der Waals surface area (Å²) in [7, 11) is 0. The van der Waals surface area contributed by atoms with Crippen LogP contribution in [-0.4, -0.2) is 12.0 Å². The lowest BCUT2D eigenvalue weighted by Gasteiger charge is -2.21. The Kier molecular flexibility index (Phi) is 11.7. The maximum absolute atomic E-state index is 12.0. The maximum atomic E-state index is 12.0. The first kappa shape index (κ1) is 22.8. The van der Waals surface area contributed by atoms with Crippen LogP contribution in [-0.2, 0) is 4.79 Å². The lowest BCUT2D eigenvalue weighted by molar-refractivity contribution is -0.116. The number of rotatable bonds is 15. The molecular formula is C24H35NO2. The molecule has 27 heavy (non-hydrogen) atoms. The second-order valence-electron chi connectivity index (χ2n) is 6.96. The summed E-state index contributed by atoms with van der Waals surface area (Å²) in [6, 6.07) is 7.59. The van der Waals surface area contributed by atoms with Gasteiger partial charge in [0.25, 0.3) is 0 Å². The number of hydrogen-bond donors (Lipinski definition) is 1. The SMILES string of the molecule is C=CCCCCCCCC(Oc1ccccc1NC(=O)CCC=C)C(=C)C. The highest BCUT2D eigenvalue weighted by Gasteiger charge is 2.14. The molecular weight excluding hydrogens is 334 g/mol. The molecule has 0 bridgehead atoms. The van der Waals surface area contributed by atoms with Crippen LogP contribution in [0.2, 0.25) is 0 Å². The van der Waals surface area contributed by atoms with Crippen molar-refractivity contribution in [1.82, 2.24) is 0 Å². The molecule has 3 heteroatoms. The fraction of sp³-hybridized carbons (Fsp3) is 0.458. The summed E-state index contributed by atoms with van der Waals surface area (Å²) in [4.78, 5) is 12.0. The molecule has 0 aliphatic heterocycles. The van der Waals surface area contributed by atoms with Crippen molar-refractivity contribution in [3.05, 3.63) is 61.7 Å². The highest BCUT2D eigenvalue weighted by Crippen LogP contribution is 2.28. The van der Waals surface area contributed by atoms with E-state index in [0.717, 1.165) is 24.8 Å². The second-order valence-corrected chi connectivity index (χ2v) is 6.96. The van der Waals surface area contributed by atoms with E-state index in [-0.39, 0.29) is 12.0 Å². The quantitative estimate of drug-likeness (QED) is 0.272. The summed E-state index contributed by atoms with van der Waals surface area (Å²) in [5.74, 6) is 0.667. The van der Waals surface area contributed by atoms with Gasteiger partial charge in [0.2, 0.25) is 5.91 Å². The van der Waals surface area contributed by atoms with Gasteiger partial charge in [-0.05, 0) is 56.7 Å². The van der Waals surface area contributed by atoms with Crippen molar-refractivity contribution in [2.45, 2.75) is 70.8 Å². The molecule has 3 nitrogen and oxygen atoms in total. The van der Waals surface area contributed by atoms with Gasteiger partial charge in [0.05, 0.1) is 5.69 Å². The molecule has 1 N–H and O–H groups in total. The standard InChI is InChI=1S/C24H35NO2/c1-5-7-9-10-11-12-13-17-22(20(3)4)27-23-18-15-14-16-21(23)25-24(26)19-8-6-2/h5-6,14-16,18,22H,1-3,7-13,17,19H2,4H3,(H,25,26). The van der Waals surface area contributed by atoms with Crippen LogP contribution in [0.5, 0.6) is 5.75 Å². The van der Waals surface area contributed by atoms with Crippen molar-refractivity contribution in [3.63, 3.8) is 0 Å². The van der Waals surface area contributed by atoms with Crippen molar-refractivity contribution in [2.24, 2.45) is 0 Å². The number of nitrogens with one attached hydrogen (secondary N) is 1. The van der Waals surface area contributed by atoms with Crippen molar-refractivity contribution in [3.8, 4) is 5.75 Å². The summed E-state index contributed by atoms with van der Waals surface area (Å²) in [6.45, 7) is 13.5. The van der Waals surface area contributed by atoms with E-state index in [9.17, 15) is 4.79 Å². The summed E-state index contributed by atoms with van der Waals surface area (Å²) >= 11 is 0. The molecule has 0 radical (unpaired) electrons. The summed E-state index contributed by atoms with van der Waals surface area (Å²) in [5, 5.41) is 2.94.